The number of fused-ring (bicyclic) bond motifs is 1. The molecule has 198 valence electrons. The Hall–Kier alpha value is -4.50. The van der Waals surface area contributed by atoms with E-state index in [2.05, 4.69) is 0 Å². The number of nitrogens with zero attached hydrogens (tertiary/aromatic N) is 2. The highest BCUT2D eigenvalue weighted by atomic mass is 35.5. The van der Waals surface area contributed by atoms with Crippen molar-refractivity contribution in [3.8, 4) is 5.75 Å². The fraction of sp³-hybridized carbons (Fsp3) is 0.207. The van der Waals surface area contributed by atoms with E-state index < -0.39 is 47.9 Å². The molecular formula is C29H23ClN2O7. The second-order valence-electron chi connectivity index (χ2n) is 9.30. The highest BCUT2D eigenvalue weighted by Crippen LogP contribution is 2.39. The number of Topliss-reactive ketones (excluding diaryl/α,β-unsaturated/α-hetero) is 1. The van der Waals surface area contributed by atoms with E-state index in [9.17, 15) is 24.0 Å². The third-order valence-corrected chi connectivity index (χ3v) is 7.16. The number of hydrogen-bond acceptors (Lipinski definition) is 7. The molecule has 3 aromatic rings. The monoisotopic (exact) mass is 546 g/mol. The third-order valence-electron chi connectivity index (χ3n) is 6.83. The van der Waals surface area contributed by atoms with Gasteiger partial charge in [-0.3, -0.25) is 19.2 Å². The molecule has 3 amide bonds. The van der Waals surface area contributed by atoms with Crippen LogP contribution in [0.15, 0.2) is 83.5 Å². The number of furan rings is 1. The summed E-state index contributed by atoms with van der Waals surface area (Å²) in [6, 6.07) is 14.9. The van der Waals surface area contributed by atoms with E-state index in [1.165, 1.54) is 48.7 Å². The van der Waals surface area contributed by atoms with Crippen LogP contribution in [-0.2, 0) is 9.59 Å². The first kappa shape index (κ1) is 26.1. The first-order chi connectivity index (χ1) is 18.8. The van der Waals surface area contributed by atoms with Gasteiger partial charge in [-0.25, -0.2) is 9.80 Å². The van der Waals surface area contributed by atoms with Gasteiger partial charge in [0, 0.05) is 5.56 Å². The van der Waals surface area contributed by atoms with Gasteiger partial charge in [-0.05, 0) is 60.9 Å². The minimum atomic E-state index is -0.751. The molecule has 1 aliphatic heterocycles. The summed E-state index contributed by atoms with van der Waals surface area (Å²) in [5.74, 6) is -4.30. The van der Waals surface area contributed by atoms with Gasteiger partial charge in [0.15, 0.2) is 5.78 Å². The van der Waals surface area contributed by atoms with Crippen LogP contribution in [0.4, 0.5) is 0 Å². The highest BCUT2D eigenvalue weighted by Gasteiger charge is 2.53. The molecule has 9 nitrogen and oxygen atoms in total. The topological polar surface area (TPSA) is 114 Å². The van der Waals surface area contributed by atoms with Gasteiger partial charge in [0.1, 0.15) is 12.3 Å². The Bertz CT molecular complexity index is 1480. The van der Waals surface area contributed by atoms with Gasteiger partial charge < -0.3 is 9.15 Å². The number of benzene rings is 2. The molecular weight excluding hydrogens is 524 g/mol. The number of ketones is 1. The summed E-state index contributed by atoms with van der Waals surface area (Å²) in [4.78, 5) is 65.9. The average Bonchev–Trinajstić information content (AvgIpc) is 3.56. The summed E-state index contributed by atoms with van der Waals surface area (Å²) in [7, 11) is 0. The Balaban J connectivity index is 1.41. The molecule has 5 rings (SSSR count). The summed E-state index contributed by atoms with van der Waals surface area (Å²) in [5.41, 5.74) is 0.227. The van der Waals surface area contributed by atoms with Gasteiger partial charge >= 0.3 is 5.97 Å². The minimum absolute atomic E-state index is 0.0221. The number of imide groups is 1. The summed E-state index contributed by atoms with van der Waals surface area (Å²) < 4.78 is 10.2. The lowest BCUT2D eigenvalue weighted by Crippen LogP contribution is -2.52. The van der Waals surface area contributed by atoms with Crippen molar-refractivity contribution in [3.05, 3.63) is 101 Å². The van der Waals surface area contributed by atoms with Crippen molar-refractivity contribution in [1.82, 2.24) is 10.0 Å². The summed E-state index contributed by atoms with van der Waals surface area (Å²) in [6.07, 6.45) is 5.44. The molecule has 10 heteroatoms. The maximum atomic E-state index is 13.6. The fourth-order valence-electron chi connectivity index (χ4n) is 4.86. The second kappa shape index (κ2) is 10.7. The normalized spacial score (nSPS) is 20.1. The van der Waals surface area contributed by atoms with Crippen molar-refractivity contribution in [3.63, 3.8) is 0 Å². The van der Waals surface area contributed by atoms with Crippen molar-refractivity contribution < 1.29 is 33.1 Å². The average molecular weight is 547 g/mol. The number of allylic oxidation sites excluding steroid dienone is 2. The van der Waals surface area contributed by atoms with Crippen LogP contribution in [0.25, 0.3) is 0 Å². The minimum Gasteiger partial charge on any atom is -0.457 e. The van der Waals surface area contributed by atoms with Gasteiger partial charge in [-0.2, -0.15) is 5.01 Å². The smallest absolute Gasteiger partial charge is 0.379 e. The zero-order valence-corrected chi connectivity index (χ0v) is 21.5. The third kappa shape index (κ3) is 5.00. The van der Waals surface area contributed by atoms with Crippen molar-refractivity contribution in [2.75, 3.05) is 6.54 Å². The zero-order valence-electron chi connectivity index (χ0n) is 20.8. The zero-order chi connectivity index (χ0) is 27.7. The number of hydrogen-bond donors (Lipinski definition) is 0. The second-order valence-corrected chi connectivity index (χ2v) is 9.71. The first-order valence-corrected chi connectivity index (χ1v) is 12.6. The number of ether oxygens (including phenoxy) is 1. The van der Waals surface area contributed by atoms with E-state index >= 15 is 0 Å². The summed E-state index contributed by atoms with van der Waals surface area (Å²) in [6.45, 7) is 1.25. The van der Waals surface area contributed by atoms with E-state index in [1.807, 2.05) is 19.1 Å². The Morgan fingerprint density at radius 3 is 2.44 bits per heavy atom. The molecule has 0 radical (unpaired) electrons. The molecule has 0 saturated carbocycles. The van der Waals surface area contributed by atoms with E-state index in [0.29, 0.717) is 6.42 Å². The SMILES string of the molecule is C[C@@H]1C=CC[C@@H]2C(=O)N(N(CC(=O)c3ccc(OC(=O)c4ccco4)cc3)C(=O)c3ccccc3Cl)C(=O)[C@@H]12. The maximum absolute atomic E-state index is 13.6. The van der Waals surface area contributed by atoms with Gasteiger partial charge in [-0.15, -0.1) is 0 Å². The molecule has 0 spiro atoms. The van der Waals surface area contributed by atoms with E-state index in [4.69, 9.17) is 20.8 Å². The van der Waals surface area contributed by atoms with Crippen molar-refractivity contribution in [2.45, 2.75) is 13.3 Å². The number of amides is 3. The number of esters is 1. The quantitative estimate of drug-likeness (QED) is 0.140. The lowest BCUT2D eigenvalue weighted by atomic mass is 9.78. The summed E-state index contributed by atoms with van der Waals surface area (Å²) >= 11 is 6.26. The van der Waals surface area contributed by atoms with Crippen molar-refractivity contribution in [2.24, 2.45) is 17.8 Å². The molecule has 1 aromatic heterocycles. The van der Waals surface area contributed by atoms with Crippen LogP contribution in [-0.4, -0.2) is 46.0 Å². The molecule has 0 N–H and O–H groups in total. The molecule has 1 saturated heterocycles. The van der Waals surface area contributed by atoms with Gasteiger partial charge in [0.05, 0.1) is 28.7 Å². The lowest BCUT2D eigenvalue weighted by molar-refractivity contribution is -0.154. The molecule has 2 aromatic carbocycles. The maximum Gasteiger partial charge on any atom is 0.379 e. The molecule has 1 fully saturated rings. The Morgan fingerprint density at radius 2 is 1.77 bits per heavy atom. The predicted octanol–water partition coefficient (Wildman–Crippen LogP) is 4.59. The molecule has 0 bridgehead atoms. The van der Waals surface area contributed by atoms with Gasteiger partial charge in [0.2, 0.25) is 5.76 Å². The molecule has 0 unspecified atom stereocenters. The standard InChI is InChI=1S/C29H23ClN2O7/c1-17-6-4-8-21-25(17)28(36)32(27(21)35)31(26(34)20-7-2-3-9-22(20)30)16-23(33)18-11-13-19(14-12-18)39-29(37)24-10-5-15-38-24/h2-7,9-15,17,21,25H,8,16H2,1H3/t17-,21+,25+/m1/s1. The number of carbonyl (C=O) groups excluding carboxylic acids is 5. The summed E-state index contributed by atoms with van der Waals surface area (Å²) in [5, 5.41) is 1.81. The highest BCUT2D eigenvalue weighted by molar-refractivity contribution is 6.34. The first-order valence-electron chi connectivity index (χ1n) is 12.3. The van der Waals surface area contributed by atoms with E-state index in [-0.39, 0.29) is 33.6 Å². The molecule has 2 heterocycles. The van der Waals surface area contributed by atoms with Crippen LogP contribution in [0, 0.1) is 17.8 Å². The van der Waals surface area contributed by atoms with Crippen molar-refractivity contribution >= 4 is 41.1 Å². The largest absolute Gasteiger partial charge is 0.457 e. The van der Waals surface area contributed by atoms with Gasteiger partial charge in [0.25, 0.3) is 17.7 Å². The Kier molecular flexibility index (Phi) is 7.17. The fourth-order valence-corrected chi connectivity index (χ4v) is 5.08. The van der Waals surface area contributed by atoms with Crippen LogP contribution in [0.2, 0.25) is 5.02 Å². The Labute approximate surface area is 228 Å². The number of carbonyl (C=O) groups is 5. The van der Waals surface area contributed by atoms with Crippen LogP contribution in [0.3, 0.4) is 0 Å². The Morgan fingerprint density at radius 1 is 1.03 bits per heavy atom. The van der Waals surface area contributed by atoms with E-state index in [1.54, 1.807) is 18.2 Å². The lowest BCUT2D eigenvalue weighted by Gasteiger charge is -2.30. The molecule has 2 aliphatic rings. The van der Waals surface area contributed by atoms with Crippen LogP contribution >= 0.6 is 11.6 Å². The molecule has 1 aliphatic carbocycles. The van der Waals surface area contributed by atoms with Gasteiger partial charge in [-0.1, -0.05) is 42.8 Å². The molecule has 39 heavy (non-hydrogen) atoms. The van der Waals surface area contributed by atoms with Crippen LogP contribution < -0.4 is 4.74 Å². The van der Waals surface area contributed by atoms with E-state index in [0.717, 1.165) is 10.0 Å². The number of hydrazine groups is 1. The number of halogens is 1. The van der Waals surface area contributed by atoms with Crippen LogP contribution in [0.1, 0.15) is 44.6 Å². The number of rotatable bonds is 7. The van der Waals surface area contributed by atoms with Crippen LogP contribution in [0.5, 0.6) is 5.75 Å². The predicted molar refractivity (Wildman–Crippen MR) is 139 cm³/mol. The molecule has 3 atom stereocenters. The van der Waals surface area contributed by atoms with Crippen molar-refractivity contribution in [1.29, 1.82) is 0 Å².